The van der Waals surface area contributed by atoms with E-state index in [0.29, 0.717) is 23.8 Å². The van der Waals surface area contributed by atoms with E-state index >= 15 is 0 Å². The maximum Gasteiger partial charge on any atom is 0.312 e. The summed E-state index contributed by atoms with van der Waals surface area (Å²) in [4.78, 5) is 29.7. The predicted octanol–water partition coefficient (Wildman–Crippen LogP) is 3.32. The van der Waals surface area contributed by atoms with Crippen molar-refractivity contribution in [3.8, 4) is 0 Å². The highest BCUT2D eigenvalue weighted by molar-refractivity contribution is 9.10. The topological polar surface area (TPSA) is 59.5 Å². The molecule has 3 rings (SSSR count). The summed E-state index contributed by atoms with van der Waals surface area (Å²) >= 11 is 4.77. The van der Waals surface area contributed by atoms with Gasteiger partial charge in [0, 0.05) is 22.8 Å². The van der Waals surface area contributed by atoms with Crippen molar-refractivity contribution in [3.05, 3.63) is 45.4 Å². The first kappa shape index (κ1) is 16.1. The number of rotatable bonds is 5. The van der Waals surface area contributed by atoms with Crippen LogP contribution in [0.2, 0.25) is 0 Å². The molecule has 1 fully saturated rings. The summed E-state index contributed by atoms with van der Waals surface area (Å²) in [7, 11) is 0. The molecule has 1 aliphatic rings. The summed E-state index contributed by atoms with van der Waals surface area (Å²) in [5.41, 5.74) is 1.57. The highest BCUT2D eigenvalue weighted by atomic mass is 79.9. The average Bonchev–Trinajstić information content (AvgIpc) is 3.14. The van der Waals surface area contributed by atoms with Gasteiger partial charge < -0.3 is 4.74 Å². The standard InChI is InChI=1S/C16H15BrN2O3S/c17-12-4-1-3-11(7-12)9-22-15(21)8-13-10-23-16(18-13)19-6-2-5-14(19)20/h1,3-4,7,10H,2,5-6,8-9H2. The molecule has 7 heteroatoms. The minimum absolute atomic E-state index is 0.100. The number of thiazole rings is 1. The van der Waals surface area contributed by atoms with Crippen LogP contribution in [-0.4, -0.2) is 23.4 Å². The normalized spacial score (nSPS) is 14.3. The number of carbonyl (C=O) groups excluding carboxylic acids is 2. The lowest BCUT2D eigenvalue weighted by Crippen LogP contribution is -2.23. The van der Waals surface area contributed by atoms with Gasteiger partial charge in [0.2, 0.25) is 5.91 Å². The van der Waals surface area contributed by atoms with Gasteiger partial charge in [-0.15, -0.1) is 11.3 Å². The number of esters is 1. The highest BCUT2D eigenvalue weighted by Crippen LogP contribution is 2.25. The van der Waals surface area contributed by atoms with Gasteiger partial charge in [0.05, 0.1) is 12.1 Å². The molecular weight excluding hydrogens is 380 g/mol. The van der Waals surface area contributed by atoms with Gasteiger partial charge in [-0.25, -0.2) is 4.98 Å². The minimum Gasteiger partial charge on any atom is -0.461 e. The Bertz CT molecular complexity index is 732. The Labute approximate surface area is 146 Å². The molecule has 0 N–H and O–H groups in total. The lowest BCUT2D eigenvalue weighted by Gasteiger charge is -2.10. The van der Waals surface area contributed by atoms with Crippen LogP contribution in [0.3, 0.4) is 0 Å². The van der Waals surface area contributed by atoms with Crippen LogP contribution in [-0.2, 0) is 27.4 Å². The van der Waals surface area contributed by atoms with Crippen LogP contribution in [0.1, 0.15) is 24.1 Å². The fourth-order valence-electron chi connectivity index (χ4n) is 2.34. The molecule has 2 heterocycles. The van der Waals surface area contributed by atoms with Gasteiger partial charge in [0.1, 0.15) is 6.61 Å². The zero-order valence-corrected chi connectivity index (χ0v) is 14.7. The zero-order chi connectivity index (χ0) is 16.2. The summed E-state index contributed by atoms with van der Waals surface area (Å²) in [6, 6.07) is 7.62. The van der Waals surface area contributed by atoms with Crippen LogP contribution in [0.25, 0.3) is 0 Å². The molecule has 23 heavy (non-hydrogen) atoms. The summed E-state index contributed by atoms with van der Waals surface area (Å²) in [6.07, 6.45) is 1.55. The first-order chi connectivity index (χ1) is 11.1. The first-order valence-corrected chi connectivity index (χ1v) is 8.94. The molecule has 120 valence electrons. The Morgan fingerprint density at radius 3 is 3.04 bits per heavy atom. The minimum atomic E-state index is -0.324. The van der Waals surface area contributed by atoms with Gasteiger partial charge in [-0.05, 0) is 24.1 Å². The summed E-state index contributed by atoms with van der Waals surface area (Å²) in [5, 5.41) is 2.48. The van der Waals surface area contributed by atoms with Crippen molar-refractivity contribution in [3.63, 3.8) is 0 Å². The lowest BCUT2D eigenvalue weighted by molar-refractivity contribution is -0.144. The molecule has 1 amide bonds. The molecule has 0 radical (unpaired) electrons. The quantitative estimate of drug-likeness (QED) is 0.729. The van der Waals surface area contributed by atoms with Crippen molar-refractivity contribution in [2.45, 2.75) is 25.9 Å². The molecular formula is C16H15BrN2O3S. The SMILES string of the molecule is O=C(Cc1csc(N2CCCC2=O)n1)OCc1cccc(Br)c1. The summed E-state index contributed by atoms with van der Waals surface area (Å²) in [6.45, 7) is 0.943. The monoisotopic (exact) mass is 394 g/mol. The van der Waals surface area contributed by atoms with E-state index in [0.717, 1.165) is 16.5 Å². The van der Waals surface area contributed by atoms with Crippen molar-refractivity contribution < 1.29 is 14.3 Å². The molecule has 0 atom stereocenters. The number of aromatic nitrogens is 1. The smallest absolute Gasteiger partial charge is 0.312 e. The van der Waals surface area contributed by atoms with E-state index in [2.05, 4.69) is 20.9 Å². The number of benzene rings is 1. The van der Waals surface area contributed by atoms with Crippen LogP contribution in [0.5, 0.6) is 0 Å². The van der Waals surface area contributed by atoms with E-state index in [1.165, 1.54) is 11.3 Å². The zero-order valence-electron chi connectivity index (χ0n) is 12.3. The maximum atomic E-state index is 11.9. The molecule has 0 unspecified atom stereocenters. The van der Waals surface area contributed by atoms with Gasteiger partial charge in [-0.3, -0.25) is 14.5 Å². The van der Waals surface area contributed by atoms with Crippen molar-refractivity contribution >= 4 is 44.3 Å². The van der Waals surface area contributed by atoms with Crippen LogP contribution in [0.4, 0.5) is 5.13 Å². The molecule has 2 aromatic rings. The van der Waals surface area contributed by atoms with Crippen LogP contribution in [0, 0.1) is 0 Å². The summed E-state index contributed by atoms with van der Waals surface area (Å²) in [5.74, 6) is -0.224. The van der Waals surface area contributed by atoms with E-state index in [1.807, 2.05) is 24.3 Å². The van der Waals surface area contributed by atoms with E-state index < -0.39 is 0 Å². The number of nitrogens with zero attached hydrogens (tertiary/aromatic N) is 2. The molecule has 0 bridgehead atoms. The number of hydrogen-bond acceptors (Lipinski definition) is 5. The van der Waals surface area contributed by atoms with Crippen LogP contribution in [0.15, 0.2) is 34.1 Å². The van der Waals surface area contributed by atoms with Crippen LogP contribution < -0.4 is 4.90 Å². The summed E-state index contributed by atoms with van der Waals surface area (Å²) < 4.78 is 6.22. The van der Waals surface area contributed by atoms with Crippen LogP contribution >= 0.6 is 27.3 Å². The maximum absolute atomic E-state index is 11.9. The van der Waals surface area contributed by atoms with Crippen molar-refractivity contribution in [1.29, 1.82) is 0 Å². The second-order valence-electron chi connectivity index (χ2n) is 5.24. The number of hydrogen-bond donors (Lipinski definition) is 0. The molecule has 1 aromatic carbocycles. The largest absolute Gasteiger partial charge is 0.461 e. The molecule has 0 aliphatic carbocycles. The third kappa shape index (κ3) is 4.17. The Balaban J connectivity index is 1.54. The molecule has 0 saturated carbocycles. The predicted molar refractivity (Wildman–Crippen MR) is 91.3 cm³/mol. The van der Waals surface area contributed by atoms with E-state index in [1.54, 1.807) is 10.3 Å². The number of carbonyl (C=O) groups is 2. The Morgan fingerprint density at radius 1 is 1.43 bits per heavy atom. The van der Waals surface area contributed by atoms with Gasteiger partial charge in [-0.1, -0.05) is 28.1 Å². The van der Waals surface area contributed by atoms with Gasteiger partial charge in [0.25, 0.3) is 0 Å². The molecule has 1 aliphatic heterocycles. The molecule has 5 nitrogen and oxygen atoms in total. The number of amides is 1. The molecule has 1 saturated heterocycles. The van der Waals surface area contributed by atoms with Crippen molar-refractivity contribution in [2.24, 2.45) is 0 Å². The first-order valence-electron chi connectivity index (χ1n) is 7.26. The Hall–Kier alpha value is -1.73. The average molecular weight is 395 g/mol. The second-order valence-corrected chi connectivity index (χ2v) is 6.99. The lowest BCUT2D eigenvalue weighted by atomic mass is 10.2. The fourth-order valence-corrected chi connectivity index (χ4v) is 3.66. The molecule has 0 spiro atoms. The van der Waals surface area contributed by atoms with E-state index in [9.17, 15) is 9.59 Å². The third-order valence-electron chi connectivity index (χ3n) is 3.46. The van der Waals surface area contributed by atoms with E-state index in [-0.39, 0.29) is 24.9 Å². The number of halogens is 1. The van der Waals surface area contributed by atoms with Crippen molar-refractivity contribution in [2.75, 3.05) is 11.4 Å². The van der Waals surface area contributed by atoms with E-state index in [4.69, 9.17) is 4.74 Å². The fraction of sp³-hybridized carbons (Fsp3) is 0.312. The molecule has 1 aromatic heterocycles. The number of anilines is 1. The van der Waals surface area contributed by atoms with Gasteiger partial charge in [0.15, 0.2) is 5.13 Å². The Kier molecular flexibility index (Phi) is 5.07. The third-order valence-corrected chi connectivity index (χ3v) is 4.86. The number of ether oxygens (including phenoxy) is 1. The highest BCUT2D eigenvalue weighted by Gasteiger charge is 2.24. The van der Waals surface area contributed by atoms with Gasteiger partial charge >= 0.3 is 5.97 Å². The Morgan fingerprint density at radius 2 is 2.30 bits per heavy atom. The van der Waals surface area contributed by atoms with Crippen molar-refractivity contribution in [1.82, 2.24) is 4.98 Å². The second kappa shape index (κ2) is 7.23. The van der Waals surface area contributed by atoms with Gasteiger partial charge in [-0.2, -0.15) is 0 Å².